The average molecular weight is 430 g/mol. The summed E-state index contributed by atoms with van der Waals surface area (Å²) in [7, 11) is 0. The number of nitrogens with one attached hydrogen (secondary N) is 1. The van der Waals surface area contributed by atoms with Crippen LogP contribution in [0.5, 0.6) is 0 Å². The van der Waals surface area contributed by atoms with Gasteiger partial charge in [-0.15, -0.1) is 0 Å². The molecule has 0 radical (unpaired) electrons. The second kappa shape index (κ2) is 10.4. The fourth-order valence-electron chi connectivity index (χ4n) is 4.51. The summed E-state index contributed by atoms with van der Waals surface area (Å²) in [6.45, 7) is 2.00. The third-order valence-electron chi connectivity index (χ3n) is 6.24. The van der Waals surface area contributed by atoms with E-state index < -0.39 is 23.9 Å². The maximum Gasteiger partial charge on any atom is 0.255 e. The normalized spacial score (nSPS) is 20.7. The number of carbonyl (C=O) groups excluding carboxylic acids is 4. The van der Waals surface area contributed by atoms with Crippen LogP contribution in [0.15, 0.2) is 24.5 Å². The van der Waals surface area contributed by atoms with Crippen molar-refractivity contribution in [3.05, 3.63) is 30.1 Å². The van der Waals surface area contributed by atoms with Gasteiger partial charge in [-0.05, 0) is 24.5 Å². The number of primary amides is 1. The van der Waals surface area contributed by atoms with E-state index in [1.54, 1.807) is 23.2 Å². The molecule has 1 aliphatic carbocycles. The SMILES string of the molecule is CC(=O)N1CCN(C(=O)c2cccnc2)C[C@H]1C(=O)N[C@@H](CC1CCCCC1)C(N)=O. The minimum atomic E-state index is -0.875. The molecule has 3 rings (SSSR count). The summed E-state index contributed by atoms with van der Waals surface area (Å²) in [4.78, 5) is 57.0. The van der Waals surface area contributed by atoms with Crippen LogP contribution < -0.4 is 11.1 Å². The van der Waals surface area contributed by atoms with E-state index in [0.29, 0.717) is 24.4 Å². The van der Waals surface area contributed by atoms with E-state index in [4.69, 9.17) is 5.73 Å². The number of hydrogen-bond acceptors (Lipinski definition) is 5. The van der Waals surface area contributed by atoms with Crippen molar-refractivity contribution in [3.63, 3.8) is 0 Å². The first-order valence-electron chi connectivity index (χ1n) is 10.9. The molecule has 9 heteroatoms. The van der Waals surface area contributed by atoms with Gasteiger partial charge >= 0.3 is 0 Å². The van der Waals surface area contributed by atoms with Crippen LogP contribution in [0.3, 0.4) is 0 Å². The molecule has 9 nitrogen and oxygen atoms in total. The molecule has 0 aromatic carbocycles. The summed E-state index contributed by atoms with van der Waals surface area (Å²) in [5.74, 6) is -1.18. The second-order valence-electron chi connectivity index (χ2n) is 8.42. The van der Waals surface area contributed by atoms with Crippen LogP contribution in [0.1, 0.15) is 55.8 Å². The molecule has 3 N–H and O–H groups in total. The molecule has 2 fully saturated rings. The van der Waals surface area contributed by atoms with E-state index in [1.165, 1.54) is 24.4 Å². The average Bonchev–Trinajstić information content (AvgIpc) is 2.78. The number of piperazine rings is 1. The Morgan fingerprint density at radius 3 is 2.55 bits per heavy atom. The zero-order valence-corrected chi connectivity index (χ0v) is 18.0. The Hall–Kier alpha value is -2.97. The Morgan fingerprint density at radius 1 is 1.19 bits per heavy atom. The summed E-state index contributed by atoms with van der Waals surface area (Å²) in [5, 5.41) is 2.76. The van der Waals surface area contributed by atoms with Crippen LogP contribution in [0.2, 0.25) is 0 Å². The number of pyridine rings is 1. The zero-order chi connectivity index (χ0) is 22.4. The molecule has 1 aromatic heterocycles. The van der Waals surface area contributed by atoms with E-state index in [1.807, 2.05) is 0 Å². The Kier molecular flexibility index (Phi) is 7.59. The highest BCUT2D eigenvalue weighted by Crippen LogP contribution is 2.27. The maximum atomic E-state index is 13.1. The van der Waals surface area contributed by atoms with Crippen LogP contribution >= 0.6 is 0 Å². The van der Waals surface area contributed by atoms with Gasteiger partial charge in [0.1, 0.15) is 12.1 Å². The molecule has 168 valence electrons. The highest BCUT2D eigenvalue weighted by molar-refractivity contribution is 5.96. The van der Waals surface area contributed by atoms with Crippen molar-refractivity contribution >= 4 is 23.6 Å². The molecule has 1 aromatic rings. The van der Waals surface area contributed by atoms with Crippen LogP contribution in [0, 0.1) is 5.92 Å². The van der Waals surface area contributed by atoms with Crippen molar-refractivity contribution in [2.75, 3.05) is 19.6 Å². The molecule has 31 heavy (non-hydrogen) atoms. The first-order valence-corrected chi connectivity index (χ1v) is 10.9. The number of aromatic nitrogens is 1. The topological polar surface area (TPSA) is 126 Å². The Balaban J connectivity index is 1.70. The van der Waals surface area contributed by atoms with Crippen LogP contribution in [-0.2, 0) is 14.4 Å². The van der Waals surface area contributed by atoms with Gasteiger partial charge in [0.15, 0.2) is 0 Å². The molecule has 0 spiro atoms. The Bertz CT molecular complexity index is 809. The van der Waals surface area contributed by atoms with E-state index in [2.05, 4.69) is 10.3 Å². The number of rotatable bonds is 6. The third kappa shape index (κ3) is 5.80. The monoisotopic (exact) mass is 429 g/mol. The molecule has 0 unspecified atom stereocenters. The highest BCUT2D eigenvalue weighted by Gasteiger charge is 2.37. The fourth-order valence-corrected chi connectivity index (χ4v) is 4.51. The Morgan fingerprint density at radius 2 is 1.94 bits per heavy atom. The lowest BCUT2D eigenvalue weighted by Gasteiger charge is -2.40. The predicted octanol–water partition coefficient (Wildman–Crippen LogP) is 0.695. The smallest absolute Gasteiger partial charge is 0.255 e. The lowest BCUT2D eigenvalue weighted by atomic mass is 9.84. The molecule has 4 amide bonds. The van der Waals surface area contributed by atoms with Gasteiger partial charge in [-0.3, -0.25) is 24.2 Å². The van der Waals surface area contributed by atoms with Gasteiger partial charge in [0.05, 0.1) is 12.1 Å². The van der Waals surface area contributed by atoms with Gasteiger partial charge in [-0.25, -0.2) is 0 Å². The minimum absolute atomic E-state index is 0.0497. The zero-order valence-electron chi connectivity index (χ0n) is 18.0. The van der Waals surface area contributed by atoms with Crippen molar-refractivity contribution in [1.29, 1.82) is 0 Å². The molecule has 1 saturated heterocycles. The standard InChI is InChI=1S/C22H31N5O4/c1-15(28)27-11-10-26(22(31)17-8-5-9-24-13-17)14-19(27)21(30)25-18(20(23)29)12-16-6-3-2-4-7-16/h5,8-9,13,16,18-19H,2-4,6-7,10-12,14H2,1H3,(H2,23,29)(H,25,30)/t18-,19-/m0/s1. The lowest BCUT2D eigenvalue weighted by molar-refractivity contribution is -0.142. The van der Waals surface area contributed by atoms with Crippen molar-refractivity contribution in [3.8, 4) is 0 Å². The lowest BCUT2D eigenvalue weighted by Crippen LogP contribution is -2.62. The van der Waals surface area contributed by atoms with E-state index in [0.717, 1.165) is 25.7 Å². The first-order chi connectivity index (χ1) is 14.9. The quantitative estimate of drug-likeness (QED) is 0.688. The summed E-state index contributed by atoms with van der Waals surface area (Å²) >= 11 is 0. The molecule has 0 bridgehead atoms. The number of hydrogen-bond donors (Lipinski definition) is 2. The van der Waals surface area contributed by atoms with Crippen molar-refractivity contribution in [2.24, 2.45) is 11.7 Å². The van der Waals surface area contributed by atoms with Gasteiger partial charge in [0, 0.05) is 32.4 Å². The van der Waals surface area contributed by atoms with E-state index in [-0.39, 0.29) is 24.9 Å². The van der Waals surface area contributed by atoms with E-state index >= 15 is 0 Å². The highest BCUT2D eigenvalue weighted by atomic mass is 16.2. The molecule has 2 heterocycles. The predicted molar refractivity (Wildman–Crippen MR) is 114 cm³/mol. The third-order valence-corrected chi connectivity index (χ3v) is 6.24. The van der Waals surface area contributed by atoms with Gasteiger partial charge in [-0.1, -0.05) is 32.1 Å². The van der Waals surface area contributed by atoms with Crippen LogP contribution in [0.4, 0.5) is 0 Å². The van der Waals surface area contributed by atoms with Crippen LogP contribution in [0.25, 0.3) is 0 Å². The van der Waals surface area contributed by atoms with Crippen molar-refractivity contribution in [1.82, 2.24) is 20.1 Å². The fraction of sp³-hybridized carbons (Fsp3) is 0.591. The molecule has 1 saturated carbocycles. The molecular weight excluding hydrogens is 398 g/mol. The number of amides is 4. The Labute approximate surface area is 182 Å². The van der Waals surface area contributed by atoms with Gasteiger partial charge < -0.3 is 20.9 Å². The van der Waals surface area contributed by atoms with E-state index in [9.17, 15) is 19.2 Å². The summed E-state index contributed by atoms with van der Waals surface area (Å²) in [6.07, 6.45) is 9.05. The summed E-state index contributed by atoms with van der Waals surface area (Å²) in [5.41, 5.74) is 5.99. The number of carbonyl (C=O) groups is 4. The number of nitrogens with two attached hydrogens (primary N) is 1. The minimum Gasteiger partial charge on any atom is -0.368 e. The van der Waals surface area contributed by atoms with Crippen molar-refractivity contribution in [2.45, 2.75) is 57.5 Å². The second-order valence-corrected chi connectivity index (χ2v) is 8.42. The summed E-state index contributed by atoms with van der Waals surface area (Å²) < 4.78 is 0. The largest absolute Gasteiger partial charge is 0.368 e. The molecule has 2 aliphatic rings. The van der Waals surface area contributed by atoms with Gasteiger partial charge in [-0.2, -0.15) is 0 Å². The number of nitrogens with zero attached hydrogens (tertiary/aromatic N) is 3. The summed E-state index contributed by atoms with van der Waals surface area (Å²) in [6, 6.07) is 1.68. The maximum absolute atomic E-state index is 13.1. The molecular formula is C22H31N5O4. The molecule has 2 atom stereocenters. The first kappa shape index (κ1) is 22.7. The van der Waals surface area contributed by atoms with Crippen LogP contribution in [-0.4, -0.2) is 70.1 Å². The van der Waals surface area contributed by atoms with Crippen molar-refractivity contribution < 1.29 is 19.2 Å². The van der Waals surface area contributed by atoms with Gasteiger partial charge in [0.2, 0.25) is 17.7 Å². The molecule has 1 aliphatic heterocycles. The van der Waals surface area contributed by atoms with Gasteiger partial charge in [0.25, 0.3) is 5.91 Å².